The molecule has 0 atom stereocenters. The zero-order valence-corrected chi connectivity index (χ0v) is 11.6. The number of anilines is 1. The van der Waals surface area contributed by atoms with Gasteiger partial charge in [0.15, 0.2) is 17.5 Å². The average Bonchev–Trinajstić information content (AvgIpc) is 2.43. The summed E-state index contributed by atoms with van der Waals surface area (Å²) in [4.78, 5) is 8.27. The number of benzene rings is 1. The van der Waals surface area contributed by atoms with E-state index in [1.807, 2.05) is 6.92 Å². The molecular formula is C14H14F3N3O. The highest BCUT2D eigenvalue weighted by Gasteiger charge is 2.14. The van der Waals surface area contributed by atoms with Gasteiger partial charge in [0.2, 0.25) is 0 Å². The van der Waals surface area contributed by atoms with E-state index in [0.29, 0.717) is 24.3 Å². The number of ether oxygens (including phenoxy) is 1. The normalized spacial score (nSPS) is 10.7. The van der Waals surface area contributed by atoms with Crippen molar-refractivity contribution in [1.82, 2.24) is 9.97 Å². The zero-order valence-electron chi connectivity index (χ0n) is 11.6. The van der Waals surface area contributed by atoms with Gasteiger partial charge in [-0.15, -0.1) is 0 Å². The van der Waals surface area contributed by atoms with Gasteiger partial charge in [0.25, 0.3) is 0 Å². The SMILES string of the molecule is CCNc1cc(-c2cc(F)c(F)cc2F)nc(COC)n1. The van der Waals surface area contributed by atoms with E-state index in [0.717, 1.165) is 6.07 Å². The highest BCUT2D eigenvalue weighted by Crippen LogP contribution is 2.25. The van der Waals surface area contributed by atoms with Gasteiger partial charge < -0.3 is 10.1 Å². The van der Waals surface area contributed by atoms with E-state index in [1.165, 1.54) is 13.2 Å². The van der Waals surface area contributed by atoms with Crippen molar-refractivity contribution >= 4 is 5.82 Å². The third-order valence-electron chi connectivity index (χ3n) is 2.69. The second-order valence-corrected chi connectivity index (χ2v) is 4.26. The summed E-state index contributed by atoms with van der Waals surface area (Å²) in [5.41, 5.74) is 0.0252. The minimum absolute atomic E-state index is 0.123. The van der Waals surface area contributed by atoms with E-state index < -0.39 is 17.5 Å². The number of halogens is 3. The first kappa shape index (κ1) is 15.2. The van der Waals surface area contributed by atoms with Crippen molar-refractivity contribution in [3.05, 3.63) is 41.5 Å². The smallest absolute Gasteiger partial charge is 0.161 e. The number of nitrogens with zero attached hydrogens (tertiary/aromatic N) is 2. The highest BCUT2D eigenvalue weighted by molar-refractivity contribution is 5.63. The lowest BCUT2D eigenvalue weighted by Gasteiger charge is -2.09. The molecule has 1 aromatic heterocycles. The molecule has 0 aliphatic heterocycles. The van der Waals surface area contributed by atoms with Crippen LogP contribution in [0.1, 0.15) is 12.7 Å². The van der Waals surface area contributed by atoms with Crippen molar-refractivity contribution in [1.29, 1.82) is 0 Å². The summed E-state index contributed by atoms with van der Waals surface area (Å²) >= 11 is 0. The molecule has 1 aromatic carbocycles. The van der Waals surface area contributed by atoms with Crippen molar-refractivity contribution in [2.24, 2.45) is 0 Å². The van der Waals surface area contributed by atoms with E-state index in [1.54, 1.807) is 0 Å². The van der Waals surface area contributed by atoms with Crippen LogP contribution in [0.4, 0.5) is 19.0 Å². The lowest BCUT2D eigenvalue weighted by atomic mass is 10.1. The first-order valence-electron chi connectivity index (χ1n) is 6.30. The van der Waals surface area contributed by atoms with Crippen LogP contribution in [0.15, 0.2) is 18.2 Å². The lowest BCUT2D eigenvalue weighted by molar-refractivity contribution is 0.178. The third kappa shape index (κ3) is 3.49. The van der Waals surface area contributed by atoms with Gasteiger partial charge in [0.1, 0.15) is 18.2 Å². The third-order valence-corrected chi connectivity index (χ3v) is 2.69. The molecule has 0 amide bonds. The van der Waals surface area contributed by atoms with E-state index in [-0.39, 0.29) is 17.9 Å². The molecule has 1 N–H and O–H groups in total. The summed E-state index contributed by atoms with van der Waals surface area (Å²) < 4.78 is 45.1. The van der Waals surface area contributed by atoms with Gasteiger partial charge >= 0.3 is 0 Å². The van der Waals surface area contributed by atoms with Gasteiger partial charge in [0.05, 0.1) is 5.69 Å². The number of hydrogen-bond donors (Lipinski definition) is 1. The maximum atomic E-state index is 13.8. The van der Waals surface area contributed by atoms with Crippen LogP contribution in [0, 0.1) is 17.5 Å². The fourth-order valence-electron chi connectivity index (χ4n) is 1.82. The van der Waals surface area contributed by atoms with Crippen LogP contribution in [0.5, 0.6) is 0 Å². The topological polar surface area (TPSA) is 47.0 Å². The molecule has 0 fully saturated rings. The predicted octanol–water partition coefficient (Wildman–Crippen LogP) is 3.14. The van der Waals surface area contributed by atoms with Crippen molar-refractivity contribution in [3.8, 4) is 11.3 Å². The maximum absolute atomic E-state index is 13.8. The molecule has 112 valence electrons. The van der Waals surface area contributed by atoms with Crippen LogP contribution in [-0.2, 0) is 11.3 Å². The first-order valence-corrected chi connectivity index (χ1v) is 6.30. The molecule has 0 aliphatic carbocycles. The summed E-state index contributed by atoms with van der Waals surface area (Å²) in [6.45, 7) is 2.59. The molecule has 1 heterocycles. The lowest BCUT2D eigenvalue weighted by Crippen LogP contribution is -2.06. The molecule has 0 unspecified atom stereocenters. The molecule has 0 spiro atoms. The summed E-state index contributed by atoms with van der Waals surface area (Å²) in [6.07, 6.45) is 0. The van der Waals surface area contributed by atoms with Crippen LogP contribution in [0.25, 0.3) is 11.3 Å². The molecular weight excluding hydrogens is 283 g/mol. The minimum Gasteiger partial charge on any atom is -0.377 e. The van der Waals surface area contributed by atoms with E-state index in [9.17, 15) is 13.2 Å². The molecule has 2 aromatic rings. The quantitative estimate of drug-likeness (QED) is 0.861. The minimum atomic E-state index is -1.24. The molecule has 0 aliphatic rings. The largest absolute Gasteiger partial charge is 0.377 e. The van der Waals surface area contributed by atoms with Gasteiger partial charge in [-0.3, -0.25) is 0 Å². The van der Waals surface area contributed by atoms with Gasteiger partial charge in [-0.1, -0.05) is 0 Å². The van der Waals surface area contributed by atoms with Crippen LogP contribution < -0.4 is 5.32 Å². The van der Waals surface area contributed by atoms with Crippen LogP contribution in [-0.4, -0.2) is 23.6 Å². The van der Waals surface area contributed by atoms with Crippen LogP contribution in [0.3, 0.4) is 0 Å². The number of aromatic nitrogens is 2. The van der Waals surface area contributed by atoms with Crippen LogP contribution in [0.2, 0.25) is 0 Å². The van der Waals surface area contributed by atoms with Gasteiger partial charge in [-0.05, 0) is 13.0 Å². The second-order valence-electron chi connectivity index (χ2n) is 4.26. The number of hydrogen-bond acceptors (Lipinski definition) is 4. The molecule has 0 radical (unpaired) electrons. The van der Waals surface area contributed by atoms with Crippen molar-refractivity contribution in [2.45, 2.75) is 13.5 Å². The molecule has 4 nitrogen and oxygen atoms in total. The Kier molecular flexibility index (Phi) is 4.74. The standard InChI is InChI=1S/C14H14F3N3O/c1-3-18-13-6-12(19-14(20-13)7-21-2)8-4-10(16)11(17)5-9(8)15/h4-6H,3,7H2,1-2H3,(H,18,19,20). The molecule has 0 saturated carbocycles. The summed E-state index contributed by atoms with van der Waals surface area (Å²) in [7, 11) is 1.47. The summed E-state index contributed by atoms with van der Waals surface area (Å²) in [6, 6.07) is 2.74. The van der Waals surface area contributed by atoms with E-state index >= 15 is 0 Å². The Bertz CT molecular complexity index is 625. The zero-order chi connectivity index (χ0) is 15.4. The van der Waals surface area contributed by atoms with Gasteiger partial charge in [-0.25, -0.2) is 23.1 Å². The summed E-state index contributed by atoms with van der Waals surface area (Å²) in [5.74, 6) is -2.50. The fourth-order valence-corrected chi connectivity index (χ4v) is 1.82. The Morgan fingerprint density at radius 3 is 2.43 bits per heavy atom. The Morgan fingerprint density at radius 2 is 1.76 bits per heavy atom. The number of nitrogens with one attached hydrogen (secondary N) is 1. The Morgan fingerprint density at radius 1 is 1.05 bits per heavy atom. The first-order chi connectivity index (χ1) is 10.0. The molecule has 0 bridgehead atoms. The van der Waals surface area contributed by atoms with E-state index in [4.69, 9.17) is 4.74 Å². The van der Waals surface area contributed by atoms with E-state index in [2.05, 4.69) is 15.3 Å². The maximum Gasteiger partial charge on any atom is 0.161 e. The molecule has 0 saturated heterocycles. The Hall–Kier alpha value is -2.15. The van der Waals surface area contributed by atoms with Crippen molar-refractivity contribution in [2.75, 3.05) is 19.0 Å². The summed E-state index contributed by atoms with van der Waals surface area (Å²) in [5, 5.41) is 2.97. The molecule has 21 heavy (non-hydrogen) atoms. The number of methoxy groups -OCH3 is 1. The molecule has 7 heteroatoms. The van der Waals surface area contributed by atoms with Gasteiger partial charge in [0, 0.05) is 31.4 Å². The monoisotopic (exact) mass is 297 g/mol. The second kappa shape index (κ2) is 6.53. The Balaban J connectivity index is 2.54. The average molecular weight is 297 g/mol. The van der Waals surface area contributed by atoms with Crippen molar-refractivity contribution < 1.29 is 17.9 Å². The Labute approximate surface area is 120 Å². The van der Waals surface area contributed by atoms with Gasteiger partial charge in [-0.2, -0.15) is 0 Å². The molecule has 2 rings (SSSR count). The van der Waals surface area contributed by atoms with Crippen molar-refractivity contribution in [3.63, 3.8) is 0 Å². The fraction of sp³-hybridized carbons (Fsp3) is 0.286. The predicted molar refractivity (Wildman–Crippen MR) is 72.2 cm³/mol. The highest BCUT2D eigenvalue weighted by atomic mass is 19.2. The van der Waals surface area contributed by atoms with Crippen LogP contribution >= 0.6 is 0 Å². The number of rotatable bonds is 5.